The molecule has 0 saturated carbocycles. The van der Waals surface area contributed by atoms with Gasteiger partial charge in [-0.3, -0.25) is 9.69 Å². The van der Waals surface area contributed by atoms with Gasteiger partial charge in [-0.05, 0) is 66.7 Å². The molecule has 0 amide bonds. The fourth-order valence-electron chi connectivity index (χ4n) is 2.87. The van der Waals surface area contributed by atoms with Crippen molar-refractivity contribution in [3.05, 3.63) is 0 Å². The van der Waals surface area contributed by atoms with Crippen molar-refractivity contribution in [2.45, 2.75) is 51.1 Å². The second-order valence-corrected chi connectivity index (χ2v) is 6.34. The van der Waals surface area contributed by atoms with E-state index in [1.807, 2.05) is 6.92 Å². The molecule has 0 bridgehead atoms. The largest absolute Gasteiger partial charge is 0.465 e. The molecular formula is C15H31N3O2. The maximum atomic E-state index is 11.7. The van der Waals surface area contributed by atoms with Gasteiger partial charge in [-0.2, -0.15) is 0 Å². The number of ether oxygens (including phenoxy) is 1. The van der Waals surface area contributed by atoms with Crippen LogP contribution >= 0.6 is 0 Å². The number of esters is 1. The molecule has 2 unspecified atom stereocenters. The highest BCUT2D eigenvalue weighted by Crippen LogP contribution is 2.20. The van der Waals surface area contributed by atoms with Gasteiger partial charge in [-0.25, -0.2) is 0 Å². The van der Waals surface area contributed by atoms with E-state index < -0.39 is 5.54 Å². The lowest BCUT2D eigenvalue weighted by molar-refractivity contribution is -0.149. The van der Waals surface area contributed by atoms with Crippen molar-refractivity contribution in [2.24, 2.45) is 5.73 Å². The Labute approximate surface area is 123 Å². The van der Waals surface area contributed by atoms with Gasteiger partial charge in [-0.15, -0.1) is 0 Å². The molecule has 118 valence electrons. The van der Waals surface area contributed by atoms with Crippen LogP contribution in [0.15, 0.2) is 0 Å². The number of nitrogens with two attached hydrogens (primary N) is 1. The maximum absolute atomic E-state index is 11.7. The molecule has 0 spiro atoms. The molecule has 1 aliphatic rings. The Morgan fingerprint density at radius 3 is 2.80 bits per heavy atom. The summed E-state index contributed by atoms with van der Waals surface area (Å²) in [5.74, 6) is -0.286. The molecule has 1 fully saturated rings. The van der Waals surface area contributed by atoms with E-state index in [0.29, 0.717) is 19.1 Å². The van der Waals surface area contributed by atoms with Crippen LogP contribution in [-0.2, 0) is 9.53 Å². The molecule has 1 heterocycles. The van der Waals surface area contributed by atoms with Crippen molar-refractivity contribution in [3.63, 3.8) is 0 Å². The highest BCUT2D eigenvalue weighted by atomic mass is 16.5. The molecule has 1 saturated heterocycles. The summed E-state index contributed by atoms with van der Waals surface area (Å²) < 4.78 is 5.02. The third-order valence-electron chi connectivity index (χ3n) is 3.96. The summed E-state index contributed by atoms with van der Waals surface area (Å²) in [7, 11) is 4.24. The van der Waals surface area contributed by atoms with E-state index in [2.05, 4.69) is 23.9 Å². The summed E-state index contributed by atoms with van der Waals surface area (Å²) in [5, 5.41) is 0. The standard InChI is InChI=1S/C15H31N3O2/c1-5-20-14(19)15(2,16)9-7-11-18-10-6-8-13(18)12-17(3)4/h13H,5-12,16H2,1-4H3. The number of carbonyl (C=O) groups is 1. The normalized spacial score (nSPS) is 23.0. The van der Waals surface area contributed by atoms with Crippen LogP contribution in [0.1, 0.15) is 39.5 Å². The number of hydrogen-bond acceptors (Lipinski definition) is 5. The molecule has 0 aliphatic carbocycles. The highest BCUT2D eigenvalue weighted by molar-refractivity contribution is 5.79. The molecule has 2 atom stereocenters. The number of carbonyl (C=O) groups excluding carboxylic acids is 1. The Morgan fingerprint density at radius 2 is 2.20 bits per heavy atom. The fraction of sp³-hybridized carbons (Fsp3) is 0.933. The number of likely N-dealkylation sites (N-methyl/N-ethyl adjacent to an activating group) is 1. The monoisotopic (exact) mass is 285 g/mol. The SMILES string of the molecule is CCOC(=O)C(C)(N)CCCN1CCCC1CN(C)C. The second-order valence-electron chi connectivity index (χ2n) is 6.34. The Bertz CT molecular complexity index is 305. The lowest BCUT2D eigenvalue weighted by Crippen LogP contribution is -2.47. The lowest BCUT2D eigenvalue weighted by atomic mass is 9.97. The Hall–Kier alpha value is -0.650. The molecule has 5 nitrogen and oxygen atoms in total. The van der Waals surface area contributed by atoms with Gasteiger partial charge in [0.05, 0.1) is 6.61 Å². The van der Waals surface area contributed by atoms with Crippen molar-refractivity contribution < 1.29 is 9.53 Å². The van der Waals surface area contributed by atoms with Crippen LogP contribution < -0.4 is 5.73 Å². The van der Waals surface area contributed by atoms with Crippen LogP contribution in [0, 0.1) is 0 Å². The Balaban J connectivity index is 2.34. The molecule has 0 aromatic heterocycles. The van der Waals surface area contributed by atoms with Gasteiger partial charge in [-0.1, -0.05) is 0 Å². The smallest absolute Gasteiger partial charge is 0.325 e. The van der Waals surface area contributed by atoms with Gasteiger partial charge < -0.3 is 15.4 Å². The molecule has 5 heteroatoms. The molecule has 1 rings (SSSR count). The zero-order valence-electron chi connectivity index (χ0n) is 13.5. The lowest BCUT2D eigenvalue weighted by Gasteiger charge is -2.28. The fourth-order valence-corrected chi connectivity index (χ4v) is 2.87. The number of hydrogen-bond donors (Lipinski definition) is 1. The quantitative estimate of drug-likeness (QED) is 0.676. The van der Waals surface area contributed by atoms with Gasteiger partial charge >= 0.3 is 5.97 Å². The molecule has 1 aliphatic heterocycles. The van der Waals surface area contributed by atoms with Crippen LogP contribution in [0.3, 0.4) is 0 Å². The molecule has 0 radical (unpaired) electrons. The van der Waals surface area contributed by atoms with Crippen LogP contribution in [-0.4, -0.2) is 67.7 Å². The van der Waals surface area contributed by atoms with E-state index in [1.54, 1.807) is 6.92 Å². The topological polar surface area (TPSA) is 58.8 Å². The summed E-state index contributed by atoms with van der Waals surface area (Å²) in [6.07, 6.45) is 4.17. The van der Waals surface area contributed by atoms with E-state index in [9.17, 15) is 4.79 Å². The molecule has 2 N–H and O–H groups in total. The molecule has 0 aromatic carbocycles. The zero-order chi connectivity index (χ0) is 15.2. The first kappa shape index (κ1) is 17.4. The summed E-state index contributed by atoms with van der Waals surface area (Å²) >= 11 is 0. The second kappa shape index (κ2) is 7.96. The third-order valence-corrected chi connectivity index (χ3v) is 3.96. The maximum Gasteiger partial charge on any atom is 0.325 e. The van der Waals surface area contributed by atoms with Crippen LogP contribution in [0.2, 0.25) is 0 Å². The first-order valence-electron chi connectivity index (χ1n) is 7.71. The summed E-state index contributed by atoms with van der Waals surface area (Å²) in [5.41, 5.74) is 5.19. The highest BCUT2D eigenvalue weighted by Gasteiger charge is 2.30. The van der Waals surface area contributed by atoms with Gasteiger partial charge in [0.15, 0.2) is 0 Å². The average molecular weight is 285 g/mol. The zero-order valence-corrected chi connectivity index (χ0v) is 13.5. The van der Waals surface area contributed by atoms with Crippen LogP contribution in [0.25, 0.3) is 0 Å². The van der Waals surface area contributed by atoms with Gasteiger partial charge in [0.25, 0.3) is 0 Å². The first-order valence-corrected chi connectivity index (χ1v) is 7.71. The Kier molecular flexibility index (Phi) is 6.92. The van der Waals surface area contributed by atoms with E-state index in [1.165, 1.54) is 19.4 Å². The predicted molar refractivity (Wildman–Crippen MR) is 81.6 cm³/mol. The minimum absolute atomic E-state index is 0.286. The minimum Gasteiger partial charge on any atom is -0.465 e. The van der Waals surface area contributed by atoms with Gasteiger partial charge in [0.2, 0.25) is 0 Å². The van der Waals surface area contributed by atoms with Crippen LogP contribution in [0.5, 0.6) is 0 Å². The van der Waals surface area contributed by atoms with Crippen molar-refractivity contribution in [2.75, 3.05) is 40.3 Å². The van der Waals surface area contributed by atoms with E-state index in [0.717, 1.165) is 19.5 Å². The van der Waals surface area contributed by atoms with E-state index in [-0.39, 0.29) is 5.97 Å². The van der Waals surface area contributed by atoms with Crippen molar-refractivity contribution in [3.8, 4) is 0 Å². The summed E-state index contributed by atoms with van der Waals surface area (Å²) in [6.45, 7) is 7.26. The number of nitrogens with zero attached hydrogens (tertiary/aromatic N) is 2. The minimum atomic E-state index is -0.854. The Morgan fingerprint density at radius 1 is 1.50 bits per heavy atom. The van der Waals surface area contributed by atoms with E-state index >= 15 is 0 Å². The first-order chi connectivity index (χ1) is 9.36. The van der Waals surface area contributed by atoms with Crippen molar-refractivity contribution >= 4 is 5.97 Å². The van der Waals surface area contributed by atoms with Crippen LogP contribution in [0.4, 0.5) is 0 Å². The summed E-state index contributed by atoms with van der Waals surface area (Å²) in [6, 6.07) is 0.650. The average Bonchev–Trinajstić information content (AvgIpc) is 2.76. The predicted octanol–water partition coefficient (Wildman–Crippen LogP) is 1.07. The summed E-state index contributed by atoms with van der Waals surface area (Å²) in [4.78, 5) is 16.5. The number of likely N-dealkylation sites (tertiary alicyclic amines) is 1. The van der Waals surface area contributed by atoms with E-state index in [4.69, 9.17) is 10.5 Å². The molecule has 0 aromatic rings. The van der Waals surface area contributed by atoms with Crippen molar-refractivity contribution in [1.29, 1.82) is 0 Å². The number of rotatable bonds is 8. The third kappa shape index (κ3) is 5.38. The molecular weight excluding hydrogens is 254 g/mol. The van der Waals surface area contributed by atoms with Gasteiger partial charge in [0.1, 0.15) is 5.54 Å². The van der Waals surface area contributed by atoms with Crippen molar-refractivity contribution in [1.82, 2.24) is 9.80 Å². The molecule has 20 heavy (non-hydrogen) atoms. The van der Waals surface area contributed by atoms with Gasteiger partial charge in [0, 0.05) is 12.6 Å².